The van der Waals surface area contributed by atoms with Crippen LogP contribution in [0.15, 0.2) is 42.5 Å². The van der Waals surface area contributed by atoms with Crippen LogP contribution >= 0.6 is 0 Å². The standard InChI is InChI=1S/C16H15FN2O2/c17-11-5-6-13(14(18)8-11)16(20)19-9-12-7-10-3-1-2-4-15(10)21-12/h1-6,8,12H,7,9,18H2,(H,19,20). The normalized spacial score (nSPS) is 16.1. The maximum Gasteiger partial charge on any atom is 0.253 e. The first kappa shape index (κ1) is 13.4. The molecule has 1 atom stereocenters. The lowest BCUT2D eigenvalue weighted by Gasteiger charge is -2.12. The number of nitrogens with two attached hydrogens (primary N) is 1. The van der Waals surface area contributed by atoms with E-state index in [9.17, 15) is 9.18 Å². The summed E-state index contributed by atoms with van der Waals surface area (Å²) < 4.78 is 18.7. The number of amides is 1. The van der Waals surface area contributed by atoms with Gasteiger partial charge in [0, 0.05) is 12.1 Å². The smallest absolute Gasteiger partial charge is 0.253 e. The molecule has 3 rings (SSSR count). The van der Waals surface area contributed by atoms with Gasteiger partial charge in [0.15, 0.2) is 0 Å². The van der Waals surface area contributed by atoms with E-state index in [-0.39, 0.29) is 23.3 Å². The molecule has 0 spiro atoms. The molecule has 0 saturated heterocycles. The molecule has 0 aliphatic carbocycles. The molecular formula is C16H15FN2O2. The molecule has 0 fully saturated rings. The van der Waals surface area contributed by atoms with E-state index in [4.69, 9.17) is 10.5 Å². The van der Waals surface area contributed by atoms with E-state index < -0.39 is 5.82 Å². The van der Waals surface area contributed by atoms with Gasteiger partial charge in [-0.05, 0) is 29.8 Å². The van der Waals surface area contributed by atoms with Gasteiger partial charge in [0.1, 0.15) is 17.7 Å². The summed E-state index contributed by atoms with van der Waals surface area (Å²) in [7, 11) is 0. The lowest BCUT2D eigenvalue weighted by atomic mass is 10.1. The van der Waals surface area contributed by atoms with E-state index in [0.717, 1.165) is 23.8 Å². The summed E-state index contributed by atoms with van der Waals surface area (Å²) in [5, 5.41) is 2.77. The maximum atomic E-state index is 13.0. The highest BCUT2D eigenvalue weighted by molar-refractivity contribution is 5.99. The molecule has 21 heavy (non-hydrogen) atoms. The Morgan fingerprint density at radius 2 is 2.14 bits per heavy atom. The molecule has 2 aromatic rings. The number of carbonyl (C=O) groups excluding carboxylic acids is 1. The molecule has 1 amide bonds. The molecule has 3 N–H and O–H groups in total. The summed E-state index contributed by atoms with van der Waals surface area (Å²) in [6.45, 7) is 0.379. The number of para-hydroxylation sites is 1. The molecule has 2 aromatic carbocycles. The van der Waals surface area contributed by atoms with Crippen molar-refractivity contribution in [3.63, 3.8) is 0 Å². The predicted molar refractivity (Wildman–Crippen MR) is 77.7 cm³/mol. The highest BCUT2D eigenvalue weighted by Crippen LogP contribution is 2.27. The number of nitrogens with one attached hydrogen (secondary N) is 1. The van der Waals surface area contributed by atoms with Gasteiger partial charge >= 0.3 is 0 Å². The number of nitrogen functional groups attached to an aromatic ring is 1. The second kappa shape index (κ2) is 5.44. The minimum atomic E-state index is -0.460. The van der Waals surface area contributed by atoms with Gasteiger partial charge in [-0.25, -0.2) is 4.39 Å². The Bertz CT molecular complexity index is 663. The number of ether oxygens (including phenoxy) is 1. The van der Waals surface area contributed by atoms with Crippen LogP contribution in [0.4, 0.5) is 10.1 Å². The Morgan fingerprint density at radius 1 is 1.33 bits per heavy atom. The molecule has 0 aromatic heterocycles. The van der Waals surface area contributed by atoms with Crippen molar-refractivity contribution in [1.82, 2.24) is 5.32 Å². The van der Waals surface area contributed by atoms with Crippen molar-refractivity contribution in [3.8, 4) is 5.75 Å². The van der Waals surface area contributed by atoms with Crippen LogP contribution in [-0.4, -0.2) is 18.6 Å². The topological polar surface area (TPSA) is 64.4 Å². The summed E-state index contributed by atoms with van der Waals surface area (Å²) in [5.41, 5.74) is 7.18. The van der Waals surface area contributed by atoms with Gasteiger partial charge in [-0.2, -0.15) is 0 Å². The molecule has 1 aliphatic heterocycles. The van der Waals surface area contributed by atoms with E-state index in [2.05, 4.69) is 5.32 Å². The van der Waals surface area contributed by atoms with Crippen LogP contribution in [0.25, 0.3) is 0 Å². The number of hydrogen-bond acceptors (Lipinski definition) is 3. The van der Waals surface area contributed by atoms with Crippen LogP contribution in [0.3, 0.4) is 0 Å². The van der Waals surface area contributed by atoms with Crippen LogP contribution in [0.1, 0.15) is 15.9 Å². The van der Waals surface area contributed by atoms with Gasteiger partial charge in [-0.1, -0.05) is 18.2 Å². The molecule has 0 bridgehead atoms. The first-order chi connectivity index (χ1) is 10.1. The van der Waals surface area contributed by atoms with Crippen molar-refractivity contribution in [2.24, 2.45) is 0 Å². The van der Waals surface area contributed by atoms with E-state index in [1.165, 1.54) is 12.1 Å². The van der Waals surface area contributed by atoms with Crippen LogP contribution < -0.4 is 15.8 Å². The Hall–Kier alpha value is -2.56. The third-order valence-electron chi connectivity index (χ3n) is 3.46. The van der Waals surface area contributed by atoms with Crippen molar-refractivity contribution >= 4 is 11.6 Å². The number of rotatable bonds is 3. The van der Waals surface area contributed by atoms with Crippen LogP contribution in [0.2, 0.25) is 0 Å². The highest BCUT2D eigenvalue weighted by atomic mass is 19.1. The van der Waals surface area contributed by atoms with Crippen molar-refractivity contribution in [2.75, 3.05) is 12.3 Å². The monoisotopic (exact) mass is 286 g/mol. The molecule has 0 saturated carbocycles. The van der Waals surface area contributed by atoms with Gasteiger partial charge in [-0.3, -0.25) is 4.79 Å². The summed E-state index contributed by atoms with van der Waals surface area (Å²) in [6, 6.07) is 11.5. The SMILES string of the molecule is Nc1cc(F)ccc1C(=O)NCC1Cc2ccccc2O1. The molecule has 1 aliphatic rings. The fraction of sp³-hybridized carbons (Fsp3) is 0.188. The molecule has 0 radical (unpaired) electrons. The van der Waals surface area contributed by atoms with Gasteiger partial charge in [0.05, 0.1) is 12.1 Å². The predicted octanol–water partition coefficient (Wildman–Crippen LogP) is 2.14. The quantitative estimate of drug-likeness (QED) is 0.850. The van der Waals surface area contributed by atoms with Crippen LogP contribution in [-0.2, 0) is 6.42 Å². The third kappa shape index (κ3) is 2.81. The first-order valence-corrected chi connectivity index (χ1v) is 6.71. The fourth-order valence-electron chi connectivity index (χ4n) is 2.41. The average molecular weight is 286 g/mol. The van der Waals surface area contributed by atoms with Gasteiger partial charge in [-0.15, -0.1) is 0 Å². The number of halogens is 1. The van der Waals surface area contributed by atoms with Crippen molar-refractivity contribution in [1.29, 1.82) is 0 Å². The summed E-state index contributed by atoms with van der Waals surface area (Å²) in [5.74, 6) is 0.0729. The maximum absolute atomic E-state index is 13.0. The Labute approximate surface area is 121 Å². The van der Waals surface area contributed by atoms with E-state index in [1.807, 2.05) is 24.3 Å². The Morgan fingerprint density at radius 3 is 2.90 bits per heavy atom. The Balaban J connectivity index is 1.60. The highest BCUT2D eigenvalue weighted by Gasteiger charge is 2.23. The number of benzene rings is 2. The summed E-state index contributed by atoms with van der Waals surface area (Å²) in [6.07, 6.45) is 0.669. The summed E-state index contributed by atoms with van der Waals surface area (Å²) >= 11 is 0. The second-order valence-corrected chi connectivity index (χ2v) is 4.99. The molecule has 4 nitrogen and oxygen atoms in total. The van der Waals surface area contributed by atoms with Gasteiger partial charge in [0.2, 0.25) is 0 Å². The molecule has 1 unspecified atom stereocenters. The van der Waals surface area contributed by atoms with Crippen LogP contribution in [0.5, 0.6) is 5.75 Å². The number of hydrogen-bond donors (Lipinski definition) is 2. The second-order valence-electron chi connectivity index (χ2n) is 4.99. The molecule has 108 valence electrons. The van der Waals surface area contributed by atoms with Crippen molar-refractivity contribution in [2.45, 2.75) is 12.5 Å². The Kier molecular flexibility index (Phi) is 3.48. The number of fused-ring (bicyclic) bond motifs is 1. The van der Waals surface area contributed by atoms with E-state index in [0.29, 0.717) is 6.54 Å². The average Bonchev–Trinajstić information content (AvgIpc) is 2.87. The van der Waals surface area contributed by atoms with E-state index >= 15 is 0 Å². The zero-order chi connectivity index (χ0) is 14.8. The zero-order valence-electron chi connectivity index (χ0n) is 11.3. The minimum absolute atomic E-state index is 0.0898. The van der Waals surface area contributed by atoms with E-state index in [1.54, 1.807) is 0 Å². The summed E-state index contributed by atoms with van der Waals surface area (Å²) in [4.78, 5) is 12.0. The van der Waals surface area contributed by atoms with Gasteiger partial charge in [0.25, 0.3) is 5.91 Å². The largest absolute Gasteiger partial charge is 0.488 e. The number of anilines is 1. The first-order valence-electron chi connectivity index (χ1n) is 6.71. The van der Waals surface area contributed by atoms with Gasteiger partial charge < -0.3 is 15.8 Å². The zero-order valence-corrected chi connectivity index (χ0v) is 11.3. The lowest BCUT2D eigenvalue weighted by Crippen LogP contribution is -2.34. The van der Waals surface area contributed by atoms with Crippen LogP contribution in [0, 0.1) is 5.82 Å². The third-order valence-corrected chi connectivity index (χ3v) is 3.46. The minimum Gasteiger partial charge on any atom is -0.488 e. The fourth-order valence-corrected chi connectivity index (χ4v) is 2.41. The lowest BCUT2D eigenvalue weighted by molar-refractivity contribution is 0.0934. The molecule has 5 heteroatoms. The number of carbonyl (C=O) groups is 1. The molecular weight excluding hydrogens is 271 g/mol. The van der Waals surface area contributed by atoms with Crippen molar-refractivity contribution in [3.05, 3.63) is 59.4 Å². The molecule has 1 heterocycles. The van der Waals surface area contributed by atoms with Crippen molar-refractivity contribution < 1.29 is 13.9 Å².